The summed E-state index contributed by atoms with van der Waals surface area (Å²) in [6, 6.07) is 67.7. The number of hydrogen-bond donors (Lipinski definition) is 0. The SMILES string of the molecule is c1ccc(-c2ccc(-c3c4ccccc4c(-c4ccc5sc6c(ccc7ccc8sc9ccccc9c8c76)c5c4)c4ccccc34)c3ccccc23)cc1. The normalized spacial score (nSPS) is 12.1. The van der Waals surface area contributed by atoms with Gasteiger partial charge in [-0.15, -0.1) is 22.7 Å². The summed E-state index contributed by atoms with van der Waals surface area (Å²) in [5.41, 5.74) is 7.61. The zero-order chi connectivity index (χ0) is 35.3. The number of thiophene rings is 2. The first-order valence-electron chi connectivity index (χ1n) is 18.5. The summed E-state index contributed by atoms with van der Waals surface area (Å²) in [4.78, 5) is 0. The summed E-state index contributed by atoms with van der Waals surface area (Å²) >= 11 is 3.83. The lowest BCUT2D eigenvalue weighted by Crippen LogP contribution is -1.92. The van der Waals surface area contributed by atoms with Crippen molar-refractivity contribution in [2.75, 3.05) is 0 Å². The lowest BCUT2D eigenvalue weighted by molar-refractivity contribution is 1.64. The highest BCUT2D eigenvalue weighted by atomic mass is 32.1. The van der Waals surface area contributed by atoms with Crippen LogP contribution in [0.5, 0.6) is 0 Å². The Balaban J connectivity index is 1.13. The second kappa shape index (κ2) is 11.6. The van der Waals surface area contributed by atoms with Gasteiger partial charge >= 0.3 is 0 Å². The fourth-order valence-corrected chi connectivity index (χ4v) is 11.5. The molecule has 0 atom stereocenters. The van der Waals surface area contributed by atoms with Crippen molar-refractivity contribution in [1.82, 2.24) is 0 Å². The Kier molecular flexibility index (Phi) is 6.48. The molecule has 2 heteroatoms. The zero-order valence-corrected chi connectivity index (χ0v) is 30.8. The van der Waals surface area contributed by atoms with Crippen molar-refractivity contribution >= 4 is 106 Å². The van der Waals surface area contributed by atoms with Gasteiger partial charge in [0.15, 0.2) is 0 Å². The minimum absolute atomic E-state index is 1.24. The molecule has 250 valence electrons. The van der Waals surface area contributed by atoms with E-state index in [4.69, 9.17) is 0 Å². The van der Waals surface area contributed by atoms with E-state index in [9.17, 15) is 0 Å². The predicted molar refractivity (Wildman–Crippen MR) is 239 cm³/mol. The second-order valence-corrected chi connectivity index (χ2v) is 16.4. The molecule has 54 heavy (non-hydrogen) atoms. The first-order valence-corrected chi connectivity index (χ1v) is 20.1. The Morgan fingerprint density at radius 1 is 0.278 bits per heavy atom. The van der Waals surface area contributed by atoms with E-state index in [1.54, 1.807) is 0 Å². The van der Waals surface area contributed by atoms with Crippen molar-refractivity contribution < 1.29 is 0 Å². The molecule has 0 saturated heterocycles. The van der Waals surface area contributed by atoms with Gasteiger partial charge < -0.3 is 0 Å². The molecular formula is C52H30S2. The van der Waals surface area contributed by atoms with Crippen LogP contribution in [0.25, 0.3) is 117 Å². The third-order valence-electron chi connectivity index (χ3n) is 11.5. The van der Waals surface area contributed by atoms with Crippen molar-refractivity contribution in [3.05, 3.63) is 182 Å². The standard InChI is InChI=1S/C52H30S2/c1-2-12-31(13-3-1)34-26-27-41(36-15-5-4-14-35(34)36)50-39-18-8-6-16-37(39)48(38-17-7-9-19-40(38)50)33-24-28-46-44(30-33)42-25-22-32-23-29-47-51(49(32)52(42)54-46)43-20-10-11-21-45(43)53-47/h1-30H. The highest BCUT2D eigenvalue weighted by Gasteiger charge is 2.20. The number of fused-ring (bicyclic) bond motifs is 12. The molecule has 0 nitrogen and oxygen atoms in total. The van der Waals surface area contributed by atoms with Crippen molar-refractivity contribution in [1.29, 1.82) is 0 Å². The minimum atomic E-state index is 1.24. The van der Waals surface area contributed by atoms with Gasteiger partial charge in [0.05, 0.1) is 0 Å². The maximum absolute atomic E-state index is 2.46. The highest BCUT2D eigenvalue weighted by molar-refractivity contribution is 7.28. The van der Waals surface area contributed by atoms with Crippen molar-refractivity contribution in [3.8, 4) is 33.4 Å². The van der Waals surface area contributed by atoms with E-state index in [2.05, 4.69) is 182 Å². The fourth-order valence-electron chi connectivity index (χ4n) is 9.13. The summed E-state index contributed by atoms with van der Waals surface area (Å²) in [6.45, 7) is 0. The van der Waals surface area contributed by atoms with Crippen LogP contribution in [0.15, 0.2) is 182 Å². The predicted octanol–water partition coefficient (Wildman–Crippen LogP) is 16.0. The maximum atomic E-state index is 2.46. The molecule has 2 aromatic heterocycles. The molecule has 0 amide bonds. The van der Waals surface area contributed by atoms with Crippen LogP contribution in [0.4, 0.5) is 0 Å². The van der Waals surface area contributed by atoms with E-state index < -0.39 is 0 Å². The second-order valence-electron chi connectivity index (χ2n) is 14.3. The first kappa shape index (κ1) is 30.2. The first-order chi connectivity index (χ1) is 26.8. The Morgan fingerprint density at radius 2 is 0.833 bits per heavy atom. The molecule has 12 rings (SSSR count). The Bertz CT molecular complexity index is 3430. The number of benzene rings is 10. The van der Waals surface area contributed by atoms with Gasteiger partial charge in [-0.3, -0.25) is 0 Å². The molecule has 0 saturated carbocycles. The van der Waals surface area contributed by atoms with E-state index in [0.29, 0.717) is 0 Å². The van der Waals surface area contributed by atoms with Crippen LogP contribution in [0.3, 0.4) is 0 Å². The molecule has 0 aliphatic carbocycles. The van der Waals surface area contributed by atoms with E-state index in [1.165, 1.54) is 117 Å². The molecule has 0 aliphatic heterocycles. The number of rotatable bonds is 3. The molecule has 0 aliphatic rings. The van der Waals surface area contributed by atoms with Gasteiger partial charge in [-0.25, -0.2) is 0 Å². The van der Waals surface area contributed by atoms with Gasteiger partial charge in [-0.1, -0.05) is 158 Å². The average molecular weight is 719 g/mol. The maximum Gasteiger partial charge on any atom is 0.0440 e. The third-order valence-corrected chi connectivity index (χ3v) is 13.8. The van der Waals surface area contributed by atoms with Crippen molar-refractivity contribution in [2.24, 2.45) is 0 Å². The van der Waals surface area contributed by atoms with Crippen LogP contribution >= 0.6 is 22.7 Å². The monoisotopic (exact) mass is 718 g/mol. The molecule has 0 bridgehead atoms. The summed E-state index contributed by atoms with van der Waals surface area (Å²) in [5.74, 6) is 0. The largest absolute Gasteiger partial charge is 0.135 e. The van der Waals surface area contributed by atoms with Crippen LogP contribution in [0, 0.1) is 0 Å². The van der Waals surface area contributed by atoms with Crippen molar-refractivity contribution in [3.63, 3.8) is 0 Å². The van der Waals surface area contributed by atoms with Gasteiger partial charge in [-0.05, 0) is 95.3 Å². The van der Waals surface area contributed by atoms with Crippen LogP contribution < -0.4 is 0 Å². The molecule has 0 spiro atoms. The summed E-state index contributed by atoms with van der Waals surface area (Å²) in [6.07, 6.45) is 0. The van der Waals surface area contributed by atoms with E-state index >= 15 is 0 Å². The fraction of sp³-hybridized carbons (Fsp3) is 0. The van der Waals surface area contributed by atoms with E-state index in [-0.39, 0.29) is 0 Å². The van der Waals surface area contributed by atoms with Crippen LogP contribution in [0.2, 0.25) is 0 Å². The minimum Gasteiger partial charge on any atom is -0.135 e. The molecule has 0 unspecified atom stereocenters. The Hall–Kier alpha value is -6.32. The average Bonchev–Trinajstić information content (AvgIpc) is 3.81. The summed E-state index contributed by atoms with van der Waals surface area (Å²) < 4.78 is 5.41. The Labute approximate surface area is 319 Å². The smallest absolute Gasteiger partial charge is 0.0440 e. The van der Waals surface area contributed by atoms with Gasteiger partial charge in [0.25, 0.3) is 0 Å². The quantitative estimate of drug-likeness (QED) is 0.160. The van der Waals surface area contributed by atoms with Crippen molar-refractivity contribution in [2.45, 2.75) is 0 Å². The molecular weight excluding hydrogens is 689 g/mol. The zero-order valence-electron chi connectivity index (χ0n) is 29.1. The topological polar surface area (TPSA) is 0 Å². The van der Waals surface area contributed by atoms with Gasteiger partial charge in [0.1, 0.15) is 0 Å². The lowest BCUT2D eigenvalue weighted by atomic mass is 9.83. The molecule has 0 radical (unpaired) electrons. The van der Waals surface area contributed by atoms with Crippen LogP contribution in [0.1, 0.15) is 0 Å². The molecule has 12 aromatic rings. The molecule has 2 heterocycles. The molecule has 10 aromatic carbocycles. The Morgan fingerprint density at radius 3 is 1.57 bits per heavy atom. The summed E-state index contributed by atoms with van der Waals surface area (Å²) in [5, 5.41) is 15.7. The van der Waals surface area contributed by atoms with Gasteiger partial charge in [-0.2, -0.15) is 0 Å². The number of hydrogen-bond acceptors (Lipinski definition) is 2. The van der Waals surface area contributed by atoms with Crippen LogP contribution in [-0.4, -0.2) is 0 Å². The highest BCUT2D eigenvalue weighted by Crippen LogP contribution is 2.49. The van der Waals surface area contributed by atoms with E-state index in [1.807, 2.05) is 22.7 Å². The molecule has 0 N–H and O–H groups in total. The summed E-state index contributed by atoms with van der Waals surface area (Å²) in [7, 11) is 0. The van der Waals surface area contributed by atoms with Gasteiger partial charge in [0.2, 0.25) is 0 Å². The third kappa shape index (κ3) is 4.30. The van der Waals surface area contributed by atoms with E-state index in [0.717, 1.165) is 0 Å². The van der Waals surface area contributed by atoms with Gasteiger partial charge in [0, 0.05) is 45.7 Å². The molecule has 0 fully saturated rings. The lowest BCUT2D eigenvalue weighted by Gasteiger charge is -2.19. The van der Waals surface area contributed by atoms with Crippen LogP contribution in [-0.2, 0) is 0 Å².